The fourth-order valence-electron chi connectivity index (χ4n) is 4.47. The Bertz CT molecular complexity index is 798. The third-order valence-corrected chi connectivity index (χ3v) is 7.78. The number of methoxy groups -OCH3 is 1. The van der Waals surface area contributed by atoms with Crippen LogP contribution in [0.1, 0.15) is 17.5 Å². The summed E-state index contributed by atoms with van der Waals surface area (Å²) < 4.78 is 11.7. The molecule has 1 spiro atoms. The van der Waals surface area contributed by atoms with E-state index in [4.69, 9.17) is 9.47 Å². The molecule has 0 radical (unpaired) electrons. The number of phenols is 1. The maximum Gasteiger partial charge on any atom is 0.162 e. The molecule has 0 unspecified atom stereocenters. The van der Waals surface area contributed by atoms with Crippen molar-refractivity contribution in [3.05, 3.63) is 52.3 Å². The van der Waals surface area contributed by atoms with E-state index in [0.29, 0.717) is 12.4 Å². The van der Waals surface area contributed by atoms with Gasteiger partial charge in [0.25, 0.3) is 0 Å². The SMILES string of the molecule is COc1ccc2c(c1O)[C@@]13CCO[C@@H]1C([Si](C)(C)C)=CC=C3C=C2. The first-order valence-electron chi connectivity index (χ1n) is 8.52. The lowest BCUT2D eigenvalue weighted by atomic mass is 9.63. The third-order valence-electron chi connectivity index (χ3n) is 5.62. The maximum atomic E-state index is 11.0. The van der Waals surface area contributed by atoms with E-state index in [1.165, 1.54) is 10.8 Å². The molecule has 1 N–H and O–H groups in total. The number of phenolic OH excluding ortho intramolecular Hbond substituents is 1. The smallest absolute Gasteiger partial charge is 0.162 e. The van der Waals surface area contributed by atoms with Gasteiger partial charge in [-0.25, -0.2) is 0 Å². The van der Waals surface area contributed by atoms with E-state index in [-0.39, 0.29) is 17.3 Å². The maximum absolute atomic E-state index is 11.0. The standard InChI is InChI=1S/C20H24O3Si/c1-22-15-9-6-13-5-7-14-8-10-16(24(2,3)4)19-20(14,11-12-23-19)17(13)18(15)21/h5-10,19,21H,11-12H2,1-4H3/t19-,20+/m1/s1. The van der Waals surface area contributed by atoms with Gasteiger partial charge in [-0.3, -0.25) is 0 Å². The normalized spacial score (nSPS) is 27.8. The molecule has 1 aliphatic heterocycles. The molecule has 0 aromatic heterocycles. The molecule has 4 rings (SSSR count). The van der Waals surface area contributed by atoms with Gasteiger partial charge in [-0.05, 0) is 23.6 Å². The Hall–Kier alpha value is -1.78. The molecule has 126 valence electrons. The van der Waals surface area contributed by atoms with E-state index in [0.717, 1.165) is 17.5 Å². The number of rotatable bonds is 2. The van der Waals surface area contributed by atoms with Gasteiger partial charge in [-0.15, -0.1) is 0 Å². The molecule has 1 fully saturated rings. The van der Waals surface area contributed by atoms with Gasteiger partial charge < -0.3 is 14.6 Å². The lowest BCUT2D eigenvalue weighted by Gasteiger charge is -2.45. The minimum absolute atomic E-state index is 0.0193. The van der Waals surface area contributed by atoms with E-state index in [9.17, 15) is 5.11 Å². The highest BCUT2D eigenvalue weighted by molar-refractivity contribution is 6.83. The van der Waals surface area contributed by atoms with Crippen LogP contribution >= 0.6 is 0 Å². The van der Waals surface area contributed by atoms with Crippen molar-refractivity contribution in [3.63, 3.8) is 0 Å². The molecule has 24 heavy (non-hydrogen) atoms. The first kappa shape index (κ1) is 15.7. The molecular weight excluding hydrogens is 316 g/mol. The minimum Gasteiger partial charge on any atom is -0.504 e. The Balaban J connectivity index is 2.00. The minimum atomic E-state index is -1.53. The van der Waals surface area contributed by atoms with Gasteiger partial charge in [0.2, 0.25) is 0 Å². The Morgan fingerprint density at radius 2 is 2.00 bits per heavy atom. The summed E-state index contributed by atoms with van der Waals surface area (Å²) >= 11 is 0. The van der Waals surface area contributed by atoms with Crippen molar-refractivity contribution >= 4 is 14.1 Å². The van der Waals surface area contributed by atoms with Gasteiger partial charge in [-0.2, -0.15) is 0 Å². The predicted octanol–water partition coefficient (Wildman–Crippen LogP) is 4.20. The molecule has 1 heterocycles. The number of allylic oxidation sites excluding steroid dienone is 3. The summed E-state index contributed by atoms with van der Waals surface area (Å²) in [5, 5.41) is 12.4. The Morgan fingerprint density at radius 1 is 1.21 bits per heavy atom. The Morgan fingerprint density at radius 3 is 2.71 bits per heavy atom. The zero-order chi connectivity index (χ0) is 17.1. The van der Waals surface area contributed by atoms with Gasteiger partial charge in [0.1, 0.15) is 0 Å². The third kappa shape index (κ3) is 1.93. The molecule has 0 bridgehead atoms. The van der Waals surface area contributed by atoms with Crippen LogP contribution in [0, 0.1) is 0 Å². The van der Waals surface area contributed by atoms with Gasteiger partial charge in [-0.1, -0.05) is 55.2 Å². The van der Waals surface area contributed by atoms with E-state index < -0.39 is 8.07 Å². The number of hydrogen-bond donors (Lipinski definition) is 1. The largest absolute Gasteiger partial charge is 0.504 e. The van der Waals surface area contributed by atoms with Crippen molar-refractivity contribution in [1.82, 2.24) is 0 Å². The number of ether oxygens (including phenoxy) is 2. The summed E-state index contributed by atoms with van der Waals surface area (Å²) in [5.41, 5.74) is 3.00. The summed E-state index contributed by atoms with van der Waals surface area (Å²) in [7, 11) is 0.0729. The van der Waals surface area contributed by atoms with E-state index in [1.807, 2.05) is 12.1 Å². The highest BCUT2D eigenvalue weighted by Gasteiger charge is 2.55. The van der Waals surface area contributed by atoms with Crippen LogP contribution in [-0.2, 0) is 10.2 Å². The summed E-state index contributed by atoms with van der Waals surface area (Å²) in [4.78, 5) is 0. The molecule has 2 aliphatic carbocycles. The van der Waals surface area contributed by atoms with Crippen molar-refractivity contribution in [2.75, 3.05) is 13.7 Å². The Labute approximate surface area is 144 Å². The predicted molar refractivity (Wildman–Crippen MR) is 99.2 cm³/mol. The second-order valence-corrected chi connectivity index (χ2v) is 13.0. The molecule has 0 saturated carbocycles. The first-order chi connectivity index (χ1) is 11.4. The van der Waals surface area contributed by atoms with Crippen LogP contribution in [0.25, 0.3) is 6.08 Å². The highest BCUT2D eigenvalue weighted by atomic mass is 28.3. The summed E-state index contributed by atoms with van der Waals surface area (Å²) in [5.74, 6) is 0.796. The van der Waals surface area contributed by atoms with Gasteiger partial charge in [0.15, 0.2) is 11.5 Å². The molecule has 1 aromatic carbocycles. The van der Waals surface area contributed by atoms with Crippen molar-refractivity contribution in [2.24, 2.45) is 0 Å². The topological polar surface area (TPSA) is 38.7 Å². The first-order valence-corrected chi connectivity index (χ1v) is 12.0. The molecule has 3 aliphatic rings. The number of benzene rings is 1. The van der Waals surface area contributed by atoms with Crippen LogP contribution in [0.3, 0.4) is 0 Å². The summed E-state index contributed by atoms with van der Waals surface area (Å²) in [6.07, 6.45) is 9.69. The second-order valence-electron chi connectivity index (χ2n) is 7.88. The van der Waals surface area contributed by atoms with Gasteiger partial charge >= 0.3 is 0 Å². The van der Waals surface area contributed by atoms with Crippen molar-refractivity contribution < 1.29 is 14.6 Å². The van der Waals surface area contributed by atoms with Crippen LogP contribution in [0.5, 0.6) is 11.5 Å². The molecule has 4 heteroatoms. The molecule has 0 amide bonds. The van der Waals surface area contributed by atoms with Gasteiger partial charge in [0, 0.05) is 12.2 Å². The fourth-order valence-corrected chi connectivity index (χ4v) is 6.16. The summed E-state index contributed by atoms with van der Waals surface area (Å²) in [6, 6.07) is 3.88. The van der Waals surface area contributed by atoms with Gasteiger partial charge in [0.05, 0.1) is 26.7 Å². The highest BCUT2D eigenvalue weighted by Crippen LogP contribution is 2.57. The van der Waals surface area contributed by atoms with Crippen molar-refractivity contribution in [3.8, 4) is 11.5 Å². The molecule has 3 nitrogen and oxygen atoms in total. The van der Waals surface area contributed by atoms with Crippen molar-refractivity contribution in [2.45, 2.75) is 37.6 Å². The molecule has 1 aromatic rings. The molecule has 1 saturated heterocycles. The van der Waals surface area contributed by atoms with E-state index in [2.05, 4.69) is 43.9 Å². The fraction of sp³-hybridized carbons (Fsp3) is 0.400. The average Bonchev–Trinajstić information content (AvgIpc) is 2.96. The molecular formula is C20H24O3Si. The number of fused-ring (bicyclic) bond motifs is 1. The second kappa shape index (κ2) is 5.10. The van der Waals surface area contributed by atoms with E-state index >= 15 is 0 Å². The summed E-state index contributed by atoms with van der Waals surface area (Å²) in [6.45, 7) is 7.79. The van der Waals surface area contributed by atoms with Crippen molar-refractivity contribution in [1.29, 1.82) is 0 Å². The monoisotopic (exact) mass is 340 g/mol. The lowest BCUT2D eigenvalue weighted by molar-refractivity contribution is 0.119. The van der Waals surface area contributed by atoms with Crippen LogP contribution < -0.4 is 4.74 Å². The zero-order valence-corrected chi connectivity index (χ0v) is 15.7. The molecule has 2 atom stereocenters. The lowest BCUT2D eigenvalue weighted by Crippen LogP contribution is -2.47. The van der Waals surface area contributed by atoms with Crippen LogP contribution in [-0.4, -0.2) is 33.0 Å². The number of hydrogen-bond acceptors (Lipinski definition) is 3. The van der Waals surface area contributed by atoms with Crippen LogP contribution in [0.4, 0.5) is 0 Å². The van der Waals surface area contributed by atoms with E-state index in [1.54, 1.807) is 7.11 Å². The Kier molecular flexibility index (Phi) is 3.35. The van der Waals surface area contributed by atoms with Crippen LogP contribution in [0.15, 0.2) is 41.1 Å². The van der Waals surface area contributed by atoms with Crippen LogP contribution in [0.2, 0.25) is 19.6 Å². The number of aromatic hydroxyl groups is 1. The quantitative estimate of drug-likeness (QED) is 0.820. The average molecular weight is 340 g/mol. The zero-order valence-electron chi connectivity index (χ0n) is 14.7.